The van der Waals surface area contributed by atoms with Crippen LogP contribution in [0, 0.1) is 0 Å². The van der Waals surface area contributed by atoms with Crippen LogP contribution in [0.4, 0.5) is 0 Å². The molecule has 4 heterocycles. The number of hydrogen-bond donors (Lipinski definition) is 1. The van der Waals surface area contributed by atoms with Gasteiger partial charge in [-0.05, 0) is 39.8 Å². The zero-order valence-corrected chi connectivity index (χ0v) is 16.1. The van der Waals surface area contributed by atoms with E-state index in [1.165, 1.54) is 11.0 Å². The van der Waals surface area contributed by atoms with Crippen LogP contribution in [0.15, 0.2) is 27.1 Å². The minimum Gasteiger partial charge on any atom is -0.463 e. The summed E-state index contributed by atoms with van der Waals surface area (Å²) in [6.07, 6.45) is 0.258. The number of amides is 1. The quantitative estimate of drug-likeness (QED) is 0.809. The maximum Gasteiger partial charge on any atom is 0.532 e. The number of likely N-dealkylation sites (N-methyl/N-ethyl adjacent to an activating group) is 1. The third-order valence-electron chi connectivity index (χ3n) is 5.79. The molecule has 0 aliphatic carbocycles. The summed E-state index contributed by atoms with van der Waals surface area (Å²) >= 11 is 0. The number of carbonyl (C=O) groups excluding carboxylic acids is 1. The molecule has 0 radical (unpaired) electrons. The highest BCUT2D eigenvalue weighted by Gasteiger charge is 2.53. The second kappa shape index (κ2) is 5.70. The van der Waals surface area contributed by atoms with Gasteiger partial charge in [0.15, 0.2) is 11.5 Å². The van der Waals surface area contributed by atoms with Crippen molar-refractivity contribution in [2.45, 2.75) is 50.9 Å². The molecule has 4 rings (SSSR count). The lowest BCUT2D eigenvalue weighted by Gasteiger charge is -2.32. The Morgan fingerprint density at radius 3 is 2.44 bits per heavy atom. The largest absolute Gasteiger partial charge is 0.532 e. The fraction of sp³-hybridized carbons (Fsp3) is 0.556. The molecule has 2 aromatic heterocycles. The van der Waals surface area contributed by atoms with E-state index in [2.05, 4.69) is 5.16 Å². The average molecular weight is 374 g/mol. The van der Waals surface area contributed by atoms with Gasteiger partial charge in [0, 0.05) is 26.1 Å². The highest BCUT2D eigenvalue weighted by atomic mass is 16.7. The van der Waals surface area contributed by atoms with Gasteiger partial charge in [-0.1, -0.05) is 5.16 Å². The minimum atomic E-state index is -1.68. The molecule has 2 aliphatic rings. The third kappa shape index (κ3) is 2.72. The van der Waals surface area contributed by atoms with Crippen LogP contribution in [0.25, 0.3) is 11.5 Å². The first kappa shape index (κ1) is 18.3. The van der Waals surface area contributed by atoms with Crippen LogP contribution >= 0.6 is 0 Å². The van der Waals surface area contributed by atoms with Gasteiger partial charge in [-0.3, -0.25) is 4.79 Å². The Labute approximate surface area is 157 Å². The Morgan fingerprint density at radius 2 is 1.85 bits per heavy atom. The first-order valence-corrected chi connectivity index (χ1v) is 8.94. The summed E-state index contributed by atoms with van der Waals surface area (Å²) in [5.41, 5.74) is -1.71. The van der Waals surface area contributed by atoms with Crippen molar-refractivity contribution >= 4 is 18.7 Å². The van der Waals surface area contributed by atoms with Gasteiger partial charge in [-0.25, -0.2) is 0 Å². The number of likely N-dealkylation sites (tertiary alicyclic amines) is 1. The molecule has 0 unspecified atom stereocenters. The molecule has 8 nitrogen and oxygen atoms in total. The summed E-state index contributed by atoms with van der Waals surface area (Å²) in [5, 5.41) is 14.6. The zero-order valence-electron chi connectivity index (χ0n) is 16.1. The van der Waals surface area contributed by atoms with Gasteiger partial charge in [0.1, 0.15) is 11.4 Å². The lowest BCUT2D eigenvalue weighted by molar-refractivity contribution is -0.144. The Kier molecular flexibility index (Phi) is 3.86. The Morgan fingerprint density at radius 1 is 1.19 bits per heavy atom. The zero-order chi connectivity index (χ0) is 19.6. The van der Waals surface area contributed by atoms with Crippen LogP contribution in [-0.2, 0) is 19.7 Å². The van der Waals surface area contributed by atoms with Gasteiger partial charge in [0.25, 0.3) is 5.91 Å². The van der Waals surface area contributed by atoms with Crippen molar-refractivity contribution in [3.05, 3.63) is 24.0 Å². The summed E-state index contributed by atoms with van der Waals surface area (Å²) in [5.74, 6) is 0.153. The molecule has 2 aliphatic heterocycles. The second-order valence-corrected chi connectivity index (χ2v) is 8.20. The predicted molar refractivity (Wildman–Crippen MR) is 96.1 cm³/mol. The molecular formula is C18H23BN2O6. The van der Waals surface area contributed by atoms with Crippen LogP contribution < -0.4 is 5.66 Å². The Hall–Kier alpha value is -2.10. The van der Waals surface area contributed by atoms with E-state index in [1.807, 2.05) is 27.7 Å². The molecule has 2 aromatic rings. The van der Waals surface area contributed by atoms with Crippen LogP contribution in [0.5, 0.6) is 0 Å². The maximum absolute atomic E-state index is 12.2. The molecule has 1 atom stereocenters. The minimum absolute atomic E-state index is 0.112. The molecule has 27 heavy (non-hydrogen) atoms. The van der Waals surface area contributed by atoms with E-state index in [4.69, 9.17) is 18.2 Å². The lowest BCUT2D eigenvalue weighted by atomic mass is 9.86. The second-order valence-electron chi connectivity index (χ2n) is 8.20. The van der Waals surface area contributed by atoms with Crippen LogP contribution in [0.3, 0.4) is 0 Å². The number of nitrogens with zero attached hydrogens (tertiary/aromatic N) is 2. The fourth-order valence-corrected chi connectivity index (χ4v) is 3.24. The average Bonchev–Trinajstić information content (AvgIpc) is 3.32. The highest BCUT2D eigenvalue weighted by Crippen LogP contribution is 2.37. The Balaban J connectivity index is 1.57. The molecule has 1 amide bonds. The fourth-order valence-electron chi connectivity index (χ4n) is 3.24. The van der Waals surface area contributed by atoms with Crippen molar-refractivity contribution in [3.63, 3.8) is 0 Å². The Bertz CT molecular complexity index is 872. The molecule has 0 aromatic carbocycles. The van der Waals surface area contributed by atoms with Gasteiger partial charge in [0.05, 0.1) is 11.2 Å². The first-order valence-electron chi connectivity index (χ1n) is 8.94. The molecule has 0 saturated carbocycles. The molecular weight excluding hydrogens is 351 g/mol. The van der Waals surface area contributed by atoms with E-state index in [0.717, 1.165) is 0 Å². The maximum atomic E-state index is 12.2. The summed E-state index contributed by atoms with van der Waals surface area (Å²) in [6.45, 7) is 8.33. The van der Waals surface area contributed by atoms with E-state index in [1.54, 1.807) is 19.2 Å². The standard InChI is InChI=1S/C18H23BN2O6/c1-16(2)17(3,4)27-19(26-16)14-7-6-12(24-14)11-10-13(25-20-11)18(23)8-9-21(5)15(18)22/h6-7,10,23H,8-9H2,1-5H3/t18-/m1/s1. The van der Waals surface area contributed by atoms with Crippen LogP contribution in [0.2, 0.25) is 0 Å². The van der Waals surface area contributed by atoms with Crippen molar-refractivity contribution in [3.8, 4) is 11.5 Å². The number of carbonyl (C=O) groups is 1. The molecule has 0 bridgehead atoms. The van der Waals surface area contributed by atoms with Crippen molar-refractivity contribution in [2.24, 2.45) is 0 Å². The highest BCUT2D eigenvalue weighted by molar-refractivity contribution is 6.60. The molecule has 0 spiro atoms. The molecule has 2 fully saturated rings. The first-order chi connectivity index (χ1) is 12.5. The van der Waals surface area contributed by atoms with Gasteiger partial charge < -0.3 is 28.3 Å². The van der Waals surface area contributed by atoms with Gasteiger partial charge in [-0.2, -0.15) is 0 Å². The normalized spacial score (nSPS) is 27.0. The molecule has 2 saturated heterocycles. The number of aromatic nitrogens is 1. The van der Waals surface area contributed by atoms with E-state index in [-0.39, 0.29) is 12.2 Å². The SMILES string of the molecule is CN1CC[C@@](O)(c2cc(-c3ccc(B4OC(C)(C)C(C)(C)O4)o3)no2)C1=O. The van der Waals surface area contributed by atoms with E-state index < -0.39 is 29.8 Å². The number of aliphatic hydroxyl groups is 1. The van der Waals surface area contributed by atoms with Gasteiger partial charge in [-0.15, -0.1) is 0 Å². The van der Waals surface area contributed by atoms with Crippen molar-refractivity contribution in [2.75, 3.05) is 13.6 Å². The number of hydrogen-bond acceptors (Lipinski definition) is 7. The lowest BCUT2D eigenvalue weighted by Crippen LogP contribution is -2.41. The van der Waals surface area contributed by atoms with Gasteiger partial charge in [0.2, 0.25) is 5.60 Å². The number of rotatable bonds is 3. The third-order valence-corrected chi connectivity index (χ3v) is 5.79. The van der Waals surface area contributed by atoms with Crippen LogP contribution in [0.1, 0.15) is 39.9 Å². The smallest absolute Gasteiger partial charge is 0.463 e. The predicted octanol–water partition coefficient (Wildman–Crippen LogP) is 1.28. The molecule has 144 valence electrons. The molecule has 1 N–H and O–H groups in total. The van der Waals surface area contributed by atoms with Crippen molar-refractivity contribution < 1.29 is 28.2 Å². The van der Waals surface area contributed by atoms with Crippen molar-refractivity contribution in [1.29, 1.82) is 0 Å². The number of furan rings is 1. The van der Waals surface area contributed by atoms with Crippen LogP contribution in [-0.4, -0.2) is 53.0 Å². The van der Waals surface area contributed by atoms with E-state index in [9.17, 15) is 9.90 Å². The van der Waals surface area contributed by atoms with E-state index >= 15 is 0 Å². The van der Waals surface area contributed by atoms with Gasteiger partial charge >= 0.3 is 7.12 Å². The summed E-state index contributed by atoms with van der Waals surface area (Å²) in [4.78, 5) is 13.7. The monoisotopic (exact) mass is 374 g/mol. The topological polar surface area (TPSA) is 98.2 Å². The summed E-state index contributed by atoms with van der Waals surface area (Å²) in [6, 6.07) is 5.02. The van der Waals surface area contributed by atoms with Crippen molar-refractivity contribution in [1.82, 2.24) is 10.1 Å². The molecule has 9 heteroatoms. The summed E-state index contributed by atoms with van der Waals surface area (Å²) < 4.78 is 23.1. The van der Waals surface area contributed by atoms with E-state index in [0.29, 0.717) is 23.7 Å². The summed E-state index contributed by atoms with van der Waals surface area (Å²) in [7, 11) is 1.02.